The molecule has 3 rings (SSSR count). The van der Waals surface area contributed by atoms with Gasteiger partial charge in [0, 0.05) is 19.6 Å². The lowest BCUT2D eigenvalue weighted by molar-refractivity contribution is -0.126. The monoisotopic (exact) mass is 312 g/mol. The van der Waals surface area contributed by atoms with E-state index in [1.54, 1.807) is 0 Å². The van der Waals surface area contributed by atoms with Crippen molar-refractivity contribution < 1.29 is 4.79 Å². The number of nitrogens with one attached hydrogen (secondary N) is 1. The standard InChI is InChI=1S/C20H28N2O/c1-16(20(23)21-13-11-17-7-3-2-4-8-17)22-14-12-18-9-5-6-10-19(18)15-22/h5-7,9-10,16H,2-4,8,11-15H2,1H3,(H,21,23)/t16-/m0/s1. The maximum atomic E-state index is 12.4. The molecule has 0 fully saturated rings. The maximum Gasteiger partial charge on any atom is 0.237 e. The van der Waals surface area contributed by atoms with Gasteiger partial charge in [0.1, 0.15) is 0 Å². The van der Waals surface area contributed by atoms with Gasteiger partial charge in [-0.05, 0) is 56.6 Å². The minimum absolute atomic E-state index is 0.0521. The van der Waals surface area contributed by atoms with E-state index < -0.39 is 0 Å². The molecule has 0 bridgehead atoms. The van der Waals surface area contributed by atoms with Crippen LogP contribution in [-0.2, 0) is 17.8 Å². The molecule has 0 spiro atoms. The predicted molar refractivity (Wildman–Crippen MR) is 94.2 cm³/mol. The predicted octanol–water partition coefficient (Wildman–Crippen LogP) is 3.44. The molecule has 1 heterocycles. The Kier molecular flexibility index (Phi) is 5.50. The Morgan fingerprint density at radius 1 is 1.22 bits per heavy atom. The molecule has 1 aromatic rings. The van der Waals surface area contributed by atoms with Gasteiger partial charge in [-0.3, -0.25) is 9.69 Å². The number of hydrogen-bond donors (Lipinski definition) is 1. The molecule has 124 valence electrons. The molecule has 0 radical (unpaired) electrons. The van der Waals surface area contributed by atoms with Gasteiger partial charge in [0.2, 0.25) is 5.91 Å². The number of carbonyl (C=O) groups is 1. The summed E-state index contributed by atoms with van der Waals surface area (Å²) in [5, 5.41) is 3.13. The van der Waals surface area contributed by atoms with Crippen LogP contribution < -0.4 is 5.32 Å². The average Bonchev–Trinajstić information content (AvgIpc) is 2.61. The fourth-order valence-electron chi connectivity index (χ4n) is 3.64. The summed E-state index contributed by atoms with van der Waals surface area (Å²) < 4.78 is 0. The molecule has 3 heteroatoms. The summed E-state index contributed by atoms with van der Waals surface area (Å²) in [6.07, 6.45) is 9.48. The highest BCUT2D eigenvalue weighted by atomic mass is 16.2. The summed E-state index contributed by atoms with van der Waals surface area (Å²) >= 11 is 0. The first-order valence-corrected chi connectivity index (χ1v) is 9.00. The van der Waals surface area contributed by atoms with Crippen LogP contribution in [0.25, 0.3) is 0 Å². The van der Waals surface area contributed by atoms with Gasteiger partial charge < -0.3 is 5.32 Å². The summed E-state index contributed by atoms with van der Waals surface area (Å²) in [4.78, 5) is 14.7. The van der Waals surface area contributed by atoms with Crippen LogP contribution in [0.15, 0.2) is 35.9 Å². The van der Waals surface area contributed by atoms with Crippen LogP contribution in [0.5, 0.6) is 0 Å². The molecular formula is C20H28N2O. The molecule has 23 heavy (non-hydrogen) atoms. The molecule has 0 unspecified atom stereocenters. The third-order valence-electron chi connectivity index (χ3n) is 5.22. The Hall–Kier alpha value is -1.61. The fraction of sp³-hybridized carbons (Fsp3) is 0.550. The number of carbonyl (C=O) groups excluding carboxylic acids is 1. The molecule has 2 aliphatic rings. The quantitative estimate of drug-likeness (QED) is 0.845. The van der Waals surface area contributed by atoms with E-state index in [0.29, 0.717) is 0 Å². The first-order valence-electron chi connectivity index (χ1n) is 9.00. The lowest BCUT2D eigenvalue weighted by Gasteiger charge is -2.32. The van der Waals surface area contributed by atoms with Gasteiger partial charge in [0.25, 0.3) is 0 Å². The second-order valence-corrected chi connectivity index (χ2v) is 6.81. The number of nitrogens with zero attached hydrogens (tertiary/aromatic N) is 1. The van der Waals surface area contributed by atoms with Crippen LogP contribution >= 0.6 is 0 Å². The molecule has 1 atom stereocenters. The number of allylic oxidation sites excluding steroid dienone is 1. The summed E-state index contributed by atoms with van der Waals surface area (Å²) in [7, 11) is 0. The van der Waals surface area contributed by atoms with Crippen molar-refractivity contribution in [3.8, 4) is 0 Å². The highest BCUT2D eigenvalue weighted by Gasteiger charge is 2.24. The van der Waals surface area contributed by atoms with Gasteiger partial charge in [-0.1, -0.05) is 35.9 Å². The van der Waals surface area contributed by atoms with Crippen LogP contribution in [0.3, 0.4) is 0 Å². The largest absolute Gasteiger partial charge is 0.354 e. The van der Waals surface area contributed by atoms with E-state index in [1.807, 2.05) is 6.92 Å². The van der Waals surface area contributed by atoms with Crippen LogP contribution in [0.4, 0.5) is 0 Å². The lowest BCUT2D eigenvalue weighted by atomic mass is 9.97. The van der Waals surface area contributed by atoms with Gasteiger partial charge in [-0.15, -0.1) is 0 Å². The molecule has 1 aliphatic heterocycles. The summed E-state index contributed by atoms with van der Waals surface area (Å²) in [6.45, 7) is 4.66. The molecular weight excluding hydrogens is 284 g/mol. The first-order chi connectivity index (χ1) is 11.2. The molecule has 1 amide bonds. The number of amides is 1. The zero-order chi connectivity index (χ0) is 16.1. The SMILES string of the molecule is C[C@@H](C(=O)NCCC1=CCCCC1)N1CCc2ccccc2C1. The van der Waals surface area contributed by atoms with Gasteiger partial charge >= 0.3 is 0 Å². The van der Waals surface area contributed by atoms with Crippen molar-refractivity contribution >= 4 is 5.91 Å². The molecule has 0 aromatic heterocycles. The molecule has 0 saturated heterocycles. The van der Waals surface area contributed by atoms with Crippen LogP contribution in [0.1, 0.15) is 50.2 Å². The third kappa shape index (κ3) is 4.23. The van der Waals surface area contributed by atoms with E-state index in [4.69, 9.17) is 0 Å². The second kappa shape index (κ2) is 7.78. The van der Waals surface area contributed by atoms with Crippen molar-refractivity contribution in [3.63, 3.8) is 0 Å². The third-order valence-corrected chi connectivity index (χ3v) is 5.22. The Morgan fingerprint density at radius 2 is 2.04 bits per heavy atom. The topological polar surface area (TPSA) is 32.3 Å². The van der Waals surface area contributed by atoms with Crippen molar-refractivity contribution in [1.82, 2.24) is 10.2 Å². The maximum absolute atomic E-state index is 12.4. The summed E-state index contributed by atoms with van der Waals surface area (Å²) in [6, 6.07) is 8.52. The molecule has 1 aromatic carbocycles. The van der Waals surface area contributed by atoms with Crippen LogP contribution in [0.2, 0.25) is 0 Å². The zero-order valence-corrected chi connectivity index (χ0v) is 14.2. The number of rotatable bonds is 5. The molecule has 1 N–H and O–H groups in total. The first kappa shape index (κ1) is 16.3. The Morgan fingerprint density at radius 3 is 2.83 bits per heavy atom. The Labute approximate surface area is 139 Å². The lowest BCUT2D eigenvalue weighted by Crippen LogP contribution is -2.47. The fourth-order valence-corrected chi connectivity index (χ4v) is 3.64. The highest BCUT2D eigenvalue weighted by Crippen LogP contribution is 2.21. The van der Waals surface area contributed by atoms with Crippen molar-refractivity contribution in [1.29, 1.82) is 0 Å². The Balaban J connectivity index is 1.47. The van der Waals surface area contributed by atoms with E-state index in [2.05, 4.69) is 40.6 Å². The summed E-state index contributed by atoms with van der Waals surface area (Å²) in [5.41, 5.74) is 4.32. The van der Waals surface area contributed by atoms with E-state index in [-0.39, 0.29) is 11.9 Å². The highest BCUT2D eigenvalue weighted by molar-refractivity contribution is 5.81. The Bertz CT molecular complexity index is 579. The van der Waals surface area contributed by atoms with Gasteiger partial charge in [0.05, 0.1) is 6.04 Å². The molecule has 1 aliphatic carbocycles. The molecule has 3 nitrogen and oxygen atoms in total. The van der Waals surface area contributed by atoms with Crippen molar-refractivity contribution in [2.45, 2.75) is 58.0 Å². The van der Waals surface area contributed by atoms with E-state index >= 15 is 0 Å². The van der Waals surface area contributed by atoms with Crippen LogP contribution in [-0.4, -0.2) is 29.9 Å². The normalized spacial score (nSPS) is 19.6. The average molecular weight is 312 g/mol. The summed E-state index contributed by atoms with van der Waals surface area (Å²) in [5.74, 6) is 0.167. The minimum Gasteiger partial charge on any atom is -0.354 e. The zero-order valence-electron chi connectivity index (χ0n) is 14.2. The number of hydrogen-bond acceptors (Lipinski definition) is 2. The van der Waals surface area contributed by atoms with Crippen molar-refractivity contribution in [2.75, 3.05) is 13.1 Å². The van der Waals surface area contributed by atoms with Crippen molar-refractivity contribution in [3.05, 3.63) is 47.0 Å². The van der Waals surface area contributed by atoms with Gasteiger partial charge in [-0.2, -0.15) is 0 Å². The number of fused-ring (bicyclic) bond motifs is 1. The van der Waals surface area contributed by atoms with E-state index in [1.165, 1.54) is 42.4 Å². The molecule has 0 saturated carbocycles. The van der Waals surface area contributed by atoms with E-state index in [9.17, 15) is 4.79 Å². The van der Waals surface area contributed by atoms with Gasteiger partial charge in [-0.25, -0.2) is 0 Å². The number of benzene rings is 1. The van der Waals surface area contributed by atoms with Crippen LogP contribution in [0, 0.1) is 0 Å². The smallest absolute Gasteiger partial charge is 0.237 e. The van der Waals surface area contributed by atoms with Gasteiger partial charge in [0.15, 0.2) is 0 Å². The van der Waals surface area contributed by atoms with Crippen molar-refractivity contribution in [2.24, 2.45) is 0 Å². The second-order valence-electron chi connectivity index (χ2n) is 6.81. The minimum atomic E-state index is -0.0521. The van der Waals surface area contributed by atoms with E-state index in [0.717, 1.165) is 32.5 Å².